The molecule has 118 valence electrons. The van der Waals surface area contributed by atoms with Gasteiger partial charge in [-0.1, -0.05) is 24.3 Å². The van der Waals surface area contributed by atoms with Crippen LogP contribution in [0, 0.1) is 11.3 Å². The van der Waals surface area contributed by atoms with Crippen molar-refractivity contribution in [3.63, 3.8) is 0 Å². The zero-order valence-electron chi connectivity index (χ0n) is 13.2. The molecule has 0 amide bonds. The molecule has 5 heteroatoms. The Kier molecular flexibility index (Phi) is 4.68. The number of nitrogens with one attached hydrogen (secondary N) is 1. The minimum Gasteiger partial charge on any atom is -0.492 e. The smallest absolute Gasteiger partial charge is 0.227 e. The summed E-state index contributed by atoms with van der Waals surface area (Å²) in [6.07, 6.45) is 3.49. The monoisotopic (exact) mass is 316 g/mol. The van der Waals surface area contributed by atoms with Crippen molar-refractivity contribution in [1.82, 2.24) is 9.97 Å². The van der Waals surface area contributed by atoms with Gasteiger partial charge in [-0.05, 0) is 36.8 Å². The molecule has 0 saturated carbocycles. The topological polar surface area (TPSA) is 70.8 Å². The molecule has 0 atom stereocenters. The Hall–Kier alpha value is -3.39. The number of para-hydroxylation sites is 1. The van der Waals surface area contributed by atoms with Crippen LogP contribution in [0.15, 0.2) is 60.9 Å². The number of nitrogens with zero attached hydrogens (tertiary/aromatic N) is 3. The number of ether oxygens (including phenoxy) is 1. The molecule has 24 heavy (non-hydrogen) atoms. The van der Waals surface area contributed by atoms with Gasteiger partial charge in [0.1, 0.15) is 11.8 Å². The highest BCUT2D eigenvalue weighted by Crippen LogP contribution is 2.27. The number of hydrogen-bond donors (Lipinski definition) is 1. The van der Waals surface area contributed by atoms with Crippen molar-refractivity contribution in [2.24, 2.45) is 0 Å². The summed E-state index contributed by atoms with van der Waals surface area (Å²) >= 11 is 0. The SMILES string of the molecule is CCOc1cc(-c2cnc(Nc3ccccc3)nc2)ccc1C#N. The van der Waals surface area contributed by atoms with Gasteiger partial charge in [0.25, 0.3) is 0 Å². The van der Waals surface area contributed by atoms with E-state index in [1.54, 1.807) is 18.5 Å². The van der Waals surface area contributed by atoms with Crippen LogP contribution in [0.4, 0.5) is 11.6 Å². The van der Waals surface area contributed by atoms with E-state index >= 15 is 0 Å². The molecule has 0 saturated heterocycles. The minimum absolute atomic E-state index is 0.508. The number of anilines is 2. The van der Waals surface area contributed by atoms with Gasteiger partial charge in [0.05, 0.1) is 12.2 Å². The first-order valence-electron chi connectivity index (χ1n) is 7.61. The fourth-order valence-electron chi connectivity index (χ4n) is 2.26. The molecule has 0 unspecified atom stereocenters. The molecule has 0 bridgehead atoms. The molecule has 1 heterocycles. The van der Waals surface area contributed by atoms with Crippen LogP contribution in [0.5, 0.6) is 5.75 Å². The van der Waals surface area contributed by atoms with Gasteiger partial charge in [-0.2, -0.15) is 5.26 Å². The molecule has 2 aromatic carbocycles. The van der Waals surface area contributed by atoms with Crippen LogP contribution < -0.4 is 10.1 Å². The molecule has 1 N–H and O–H groups in total. The molecule has 0 aliphatic heterocycles. The van der Waals surface area contributed by atoms with E-state index in [-0.39, 0.29) is 0 Å². The van der Waals surface area contributed by atoms with Gasteiger partial charge < -0.3 is 10.1 Å². The van der Waals surface area contributed by atoms with Gasteiger partial charge in [0.2, 0.25) is 5.95 Å². The molecule has 3 rings (SSSR count). The first-order chi connectivity index (χ1) is 11.8. The maximum atomic E-state index is 9.12. The minimum atomic E-state index is 0.508. The molecular weight excluding hydrogens is 300 g/mol. The highest BCUT2D eigenvalue weighted by Gasteiger charge is 2.07. The molecule has 0 fully saturated rings. The summed E-state index contributed by atoms with van der Waals surface area (Å²) in [4.78, 5) is 8.68. The number of hydrogen-bond acceptors (Lipinski definition) is 5. The summed E-state index contributed by atoms with van der Waals surface area (Å²) < 4.78 is 5.52. The van der Waals surface area contributed by atoms with E-state index in [1.165, 1.54) is 0 Å². The zero-order chi connectivity index (χ0) is 16.8. The predicted molar refractivity (Wildman–Crippen MR) is 93.1 cm³/mol. The third-order valence-corrected chi connectivity index (χ3v) is 3.42. The van der Waals surface area contributed by atoms with Crippen molar-refractivity contribution < 1.29 is 4.74 Å². The fourth-order valence-corrected chi connectivity index (χ4v) is 2.26. The average Bonchev–Trinajstić information content (AvgIpc) is 2.63. The van der Waals surface area contributed by atoms with E-state index in [4.69, 9.17) is 10.00 Å². The molecule has 0 aliphatic carbocycles. The lowest BCUT2D eigenvalue weighted by Gasteiger charge is -2.09. The standard InChI is InChI=1S/C19H16N4O/c1-2-24-18-10-14(8-9-15(18)11-20)16-12-21-19(22-13-16)23-17-6-4-3-5-7-17/h3-10,12-13H,2H2,1H3,(H,21,22,23). The first-order valence-corrected chi connectivity index (χ1v) is 7.61. The maximum Gasteiger partial charge on any atom is 0.227 e. The highest BCUT2D eigenvalue weighted by atomic mass is 16.5. The number of benzene rings is 2. The molecule has 0 aliphatic rings. The Morgan fingerprint density at radius 2 is 1.79 bits per heavy atom. The first kappa shape index (κ1) is 15.5. The Morgan fingerprint density at radius 1 is 1.04 bits per heavy atom. The second-order valence-corrected chi connectivity index (χ2v) is 5.04. The van der Waals surface area contributed by atoms with E-state index in [9.17, 15) is 0 Å². The van der Waals surface area contributed by atoms with Crippen molar-refractivity contribution in [3.8, 4) is 22.9 Å². The summed E-state index contributed by atoms with van der Waals surface area (Å²) in [7, 11) is 0. The Labute approximate surface area is 140 Å². The summed E-state index contributed by atoms with van der Waals surface area (Å²) in [6.45, 7) is 2.40. The van der Waals surface area contributed by atoms with E-state index in [0.717, 1.165) is 16.8 Å². The van der Waals surface area contributed by atoms with Gasteiger partial charge in [0.15, 0.2) is 0 Å². The van der Waals surface area contributed by atoms with Crippen LogP contribution in [0.2, 0.25) is 0 Å². The lowest BCUT2D eigenvalue weighted by molar-refractivity contribution is 0.339. The van der Waals surface area contributed by atoms with Gasteiger partial charge in [-0.3, -0.25) is 0 Å². The molecule has 5 nitrogen and oxygen atoms in total. The van der Waals surface area contributed by atoms with Crippen LogP contribution in [0.3, 0.4) is 0 Å². The molecular formula is C19H16N4O. The molecule has 3 aromatic rings. The van der Waals surface area contributed by atoms with E-state index < -0.39 is 0 Å². The van der Waals surface area contributed by atoms with Gasteiger partial charge in [-0.25, -0.2) is 9.97 Å². The van der Waals surface area contributed by atoms with Crippen LogP contribution >= 0.6 is 0 Å². The van der Waals surface area contributed by atoms with Crippen molar-refractivity contribution in [2.75, 3.05) is 11.9 Å². The summed E-state index contributed by atoms with van der Waals surface area (Å²) in [5.74, 6) is 1.10. The molecule has 1 aromatic heterocycles. The molecule has 0 radical (unpaired) electrons. The fraction of sp³-hybridized carbons (Fsp3) is 0.105. The third-order valence-electron chi connectivity index (χ3n) is 3.42. The van der Waals surface area contributed by atoms with Gasteiger partial charge >= 0.3 is 0 Å². The van der Waals surface area contributed by atoms with E-state index in [2.05, 4.69) is 21.4 Å². The Bertz CT molecular complexity index is 855. The van der Waals surface area contributed by atoms with Gasteiger partial charge in [0, 0.05) is 23.6 Å². The second kappa shape index (κ2) is 7.25. The molecule has 0 spiro atoms. The van der Waals surface area contributed by atoms with Crippen LogP contribution in [0.25, 0.3) is 11.1 Å². The second-order valence-electron chi connectivity index (χ2n) is 5.04. The Morgan fingerprint density at radius 3 is 2.46 bits per heavy atom. The maximum absolute atomic E-state index is 9.12. The summed E-state index contributed by atoms with van der Waals surface area (Å²) in [5, 5.41) is 12.3. The van der Waals surface area contributed by atoms with Crippen molar-refractivity contribution in [3.05, 3.63) is 66.5 Å². The van der Waals surface area contributed by atoms with Gasteiger partial charge in [-0.15, -0.1) is 0 Å². The quantitative estimate of drug-likeness (QED) is 0.765. The zero-order valence-corrected chi connectivity index (χ0v) is 13.2. The number of rotatable bonds is 5. The summed E-state index contributed by atoms with van der Waals surface area (Å²) in [5.41, 5.74) is 3.22. The lowest BCUT2D eigenvalue weighted by Crippen LogP contribution is -1.97. The average molecular weight is 316 g/mol. The predicted octanol–water partition coefficient (Wildman–Crippen LogP) is 4.16. The third kappa shape index (κ3) is 3.50. The van der Waals surface area contributed by atoms with Crippen LogP contribution in [-0.2, 0) is 0 Å². The van der Waals surface area contributed by atoms with E-state index in [0.29, 0.717) is 23.9 Å². The van der Waals surface area contributed by atoms with Crippen LogP contribution in [0.1, 0.15) is 12.5 Å². The van der Waals surface area contributed by atoms with Crippen molar-refractivity contribution in [1.29, 1.82) is 5.26 Å². The number of nitriles is 1. The van der Waals surface area contributed by atoms with Crippen LogP contribution in [-0.4, -0.2) is 16.6 Å². The lowest BCUT2D eigenvalue weighted by atomic mass is 10.1. The van der Waals surface area contributed by atoms with E-state index in [1.807, 2.05) is 49.4 Å². The largest absolute Gasteiger partial charge is 0.492 e. The summed E-state index contributed by atoms with van der Waals surface area (Å²) in [6, 6.07) is 17.3. The normalized spacial score (nSPS) is 10.0. The van der Waals surface area contributed by atoms with Crippen molar-refractivity contribution in [2.45, 2.75) is 6.92 Å². The number of aromatic nitrogens is 2. The Balaban J connectivity index is 1.83. The highest BCUT2D eigenvalue weighted by molar-refractivity contribution is 5.66. The van der Waals surface area contributed by atoms with Crippen molar-refractivity contribution >= 4 is 11.6 Å².